The maximum absolute atomic E-state index is 12.0. The van der Waals surface area contributed by atoms with Crippen molar-refractivity contribution in [3.05, 3.63) is 71.3 Å². The van der Waals surface area contributed by atoms with Crippen LogP contribution in [0.2, 0.25) is 0 Å². The van der Waals surface area contributed by atoms with E-state index >= 15 is 0 Å². The highest BCUT2D eigenvalue weighted by Gasteiger charge is 2.32. The van der Waals surface area contributed by atoms with Crippen LogP contribution in [0.15, 0.2) is 49.1 Å². The molecule has 0 aromatic heterocycles. The van der Waals surface area contributed by atoms with Gasteiger partial charge >= 0.3 is 0 Å². The van der Waals surface area contributed by atoms with Gasteiger partial charge in [-0.1, -0.05) is 55.1 Å². The van der Waals surface area contributed by atoms with Gasteiger partial charge in [0.15, 0.2) is 7.28 Å². The Balaban J connectivity index is 0.000000551. The number of benzene rings is 2. The molecule has 0 spiro atoms. The van der Waals surface area contributed by atoms with Crippen molar-refractivity contribution in [3.63, 3.8) is 0 Å². The third-order valence-electron chi connectivity index (χ3n) is 4.21. The molecule has 0 bridgehead atoms. The monoisotopic (exact) mass is 389 g/mol. The van der Waals surface area contributed by atoms with Gasteiger partial charge in [0.1, 0.15) is 0 Å². The maximum atomic E-state index is 12.0. The van der Waals surface area contributed by atoms with Crippen LogP contribution in [0.5, 0.6) is 0 Å². The average Bonchev–Trinajstić information content (AvgIpc) is 3.12. The van der Waals surface area contributed by atoms with Crippen molar-refractivity contribution < 1.29 is 19.2 Å². The topological polar surface area (TPSA) is 83.6 Å². The second-order valence-electron chi connectivity index (χ2n) is 6.12. The van der Waals surface area contributed by atoms with Gasteiger partial charge in [-0.3, -0.25) is 29.4 Å². The summed E-state index contributed by atoms with van der Waals surface area (Å²) in [6.07, 6.45) is 1.75. The van der Waals surface area contributed by atoms with Crippen molar-refractivity contribution in [2.24, 2.45) is 0 Å². The van der Waals surface area contributed by atoms with E-state index in [0.29, 0.717) is 22.3 Å². The van der Waals surface area contributed by atoms with Crippen molar-refractivity contribution in [3.8, 4) is 0 Å². The van der Waals surface area contributed by atoms with Crippen LogP contribution in [0.1, 0.15) is 62.2 Å². The molecule has 2 aliphatic rings. The van der Waals surface area contributed by atoms with Gasteiger partial charge in [0.2, 0.25) is 0 Å². The van der Waals surface area contributed by atoms with Crippen LogP contribution in [0.4, 0.5) is 0 Å². The number of carbonyl (C=O) groups excluding carboxylic acids is 4. The van der Waals surface area contributed by atoms with Crippen LogP contribution in [0.25, 0.3) is 0 Å². The number of hydrogen-bond donors (Lipinski definition) is 1. The SMILES string of the molecule is C=CC.CC.CN1C(=O)c2ccc([B]c3ccc4c(c3)C(=O)NC4=O)cc2C1=O. The third kappa shape index (κ3) is 4.19. The molecule has 0 unspecified atom stereocenters. The minimum absolute atomic E-state index is 0.311. The smallest absolute Gasteiger partial charge is 0.261 e. The lowest BCUT2D eigenvalue weighted by molar-refractivity contribution is 0.0692. The summed E-state index contributed by atoms with van der Waals surface area (Å²) in [5, 5.41) is 2.24. The first-order chi connectivity index (χ1) is 13.9. The summed E-state index contributed by atoms with van der Waals surface area (Å²) >= 11 is 0. The predicted molar refractivity (Wildman–Crippen MR) is 113 cm³/mol. The van der Waals surface area contributed by atoms with Crippen LogP contribution in [-0.4, -0.2) is 42.9 Å². The molecule has 0 fully saturated rings. The lowest BCUT2D eigenvalue weighted by Gasteiger charge is -2.04. The highest BCUT2D eigenvalue weighted by atomic mass is 16.2. The zero-order valence-electron chi connectivity index (χ0n) is 16.9. The fraction of sp³-hybridized carbons (Fsp3) is 0.182. The van der Waals surface area contributed by atoms with Gasteiger partial charge in [-0.25, -0.2) is 0 Å². The fourth-order valence-corrected chi connectivity index (χ4v) is 2.94. The Bertz CT molecular complexity index is 1010. The van der Waals surface area contributed by atoms with E-state index in [1.54, 1.807) is 49.8 Å². The molecule has 147 valence electrons. The van der Waals surface area contributed by atoms with E-state index in [0.717, 1.165) is 15.8 Å². The van der Waals surface area contributed by atoms with Crippen molar-refractivity contribution in [1.82, 2.24) is 10.2 Å². The molecular formula is C22H22BN2O4. The van der Waals surface area contributed by atoms with Gasteiger partial charge in [-0.05, 0) is 19.1 Å². The van der Waals surface area contributed by atoms with E-state index in [9.17, 15) is 19.2 Å². The quantitative estimate of drug-likeness (QED) is 0.481. The first-order valence-corrected chi connectivity index (χ1v) is 9.25. The second-order valence-corrected chi connectivity index (χ2v) is 6.12. The minimum atomic E-state index is -0.415. The number of carbonyl (C=O) groups is 4. The molecule has 2 aliphatic heterocycles. The number of amides is 4. The summed E-state index contributed by atoms with van der Waals surface area (Å²) in [7, 11) is 3.23. The highest BCUT2D eigenvalue weighted by Crippen LogP contribution is 2.20. The zero-order chi connectivity index (χ0) is 21.7. The molecule has 2 aromatic rings. The number of rotatable bonds is 2. The third-order valence-corrected chi connectivity index (χ3v) is 4.21. The Morgan fingerprint density at radius 2 is 1.28 bits per heavy atom. The zero-order valence-corrected chi connectivity index (χ0v) is 16.9. The molecule has 2 aromatic carbocycles. The molecule has 0 atom stereocenters. The summed E-state index contributed by atoms with van der Waals surface area (Å²) in [5.41, 5.74) is 2.90. The van der Waals surface area contributed by atoms with E-state index in [4.69, 9.17) is 0 Å². The number of allylic oxidation sites excluding steroid dienone is 1. The molecule has 6 nitrogen and oxygen atoms in total. The Hall–Kier alpha value is -3.48. The van der Waals surface area contributed by atoms with E-state index in [1.165, 1.54) is 7.05 Å². The molecule has 7 heteroatoms. The van der Waals surface area contributed by atoms with Crippen LogP contribution in [0.3, 0.4) is 0 Å². The standard InChI is InChI=1S/C17H10BN2O4.C3H6.C2H6/c1-20-16(23)11-5-3-9(7-13(11)17(20)24)18-8-2-4-10-12(6-8)15(22)19-14(10)21;1-3-2;1-2/h2-7H,1H3,(H,19,21,22);3H,1H2,2H3;1-2H3. The summed E-state index contributed by atoms with van der Waals surface area (Å²) in [5.74, 6) is -1.45. The lowest BCUT2D eigenvalue weighted by Crippen LogP contribution is -2.28. The highest BCUT2D eigenvalue weighted by molar-refractivity contribution is 6.67. The summed E-state index contributed by atoms with van der Waals surface area (Å²) in [6.45, 7) is 9.25. The summed E-state index contributed by atoms with van der Waals surface area (Å²) < 4.78 is 0. The molecule has 0 saturated heterocycles. The largest absolute Gasteiger partial charge is 0.288 e. The normalized spacial score (nSPS) is 13.4. The van der Waals surface area contributed by atoms with E-state index < -0.39 is 11.8 Å². The van der Waals surface area contributed by atoms with Crippen molar-refractivity contribution in [2.45, 2.75) is 20.8 Å². The molecule has 0 aliphatic carbocycles. The molecule has 1 radical (unpaired) electrons. The molecule has 1 N–H and O–H groups in total. The van der Waals surface area contributed by atoms with Crippen LogP contribution < -0.4 is 16.2 Å². The number of imide groups is 2. The van der Waals surface area contributed by atoms with Crippen LogP contribution in [-0.2, 0) is 0 Å². The Labute approximate surface area is 170 Å². The van der Waals surface area contributed by atoms with Crippen LogP contribution in [0, 0.1) is 0 Å². The second kappa shape index (κ2) is 9.14. The number of fused-ring (bicyclic) bond motifs is 2. The molecule has 4 amide bonds. The van der Waals surface area contributed by atoms with Crippen molar-refractivity contribution in [1.29, 1.82) is 0 Å². The van der Waals surface area contributed by atoms with Crippen molar-refractivity contribution >= 4 is 41.8 Å². The number of hydrogen-bond acceptors (Lipinski definition) is 4. The Kier molecular flexibility index (Phi) is 6.88. The molecule has 29 heavy (non-hydrogen) atoms. The first-order valence-electron chi connectivity index (χ1n) is 9.25. The maximum Gasteiger partial charge on any atom is 0.261 e. The minimum Gasteiger partial charge on any atom is -0.288 e. The van der Waals surface area contributed by atoms with E-state index in [-0.39, 0.29) is 11.8 Å². The molecule has 2 heterocycles. The summed E-state index contributed by atoms with van der Waals surface area (Å²) in [6, 6.07) is 9.95. The van der Waals surface area contributed by atoms with Gasteiger partial charge in [0, 0.05) is 7.05 Å². The van der Waals surface area contributed by atoms with Gasteiger partial charge in [0.25, 0.3) is 23.6 Å². The average molecular weight is 389 g/mol. The number of nitrogens with one attached hydrogen (secondary N) is 1. The number of nitrogens with zero attached hydrogens (tertiary/aromatic N) is 1. The molecular weight excluding hydrogens is 367 g/mol. The van der Waals surface area contributed by atoms with Crippen LogP contribution >= 0.6 is 0 Å². The van der Waals surface area contributed by atoms with Gasteiger partial charge in [0.05, 0.1) is 22.3 Å². The lowest BCUT2D eigenvalue weighted by atomic mass is 9.63. The predicted octanol–water partition coefficient (Wildman–Crippen LogP) is 1.67. The van der Waals surface area contributed by atoms with Gasteiger partial charge in [-0.2, -0.15) is 0 Å². The molecule has 4 rings (SSSR count). The van der Waals surface area contributed by atoms with E-state index in [2.05, 4.69) is 11.9 Å². The van der Waals surface area contributed by atoms with Crippen molar-refractivity contribution in [2.75, 3.05) is 7.05 Å². The first kappa shape index (κ1) is 21.8. The van der Waals surface area contributed by atoms with Gasteiger partial charge in [-0.15, -0.1) is 6.58 Å². The Morgan fingerprint density at radius 3 is 1.86 bits per heavy atom. The van der Waals surface area contributed by atoms with Gasteiger partial charge < -0.3 is 0 Å². The molecule has 0 saturated carbocycles. The Morgan fingerprint density at radius 1 is 0.828 bits per heavy atom. The van der Waals surface area contributed by atoms with E-state index in [1.807, 2.05) is 20.8 Å². The summed E-state index contributed by atoms with van der Waals surface area (Å²) in [4.78, 5) is 48.3. The fourth-order valence-electron chi connectivity index (χ4n) is 2.94.